The summed E-state index contributed by atoms with van der Waals surface area (Å²) in [4.78, 5) is 13.4. The van der Waals surface area contributed by atoms with Crippen molar-refractivity contribution in [2.24, 2.45) is 0 Å². The van der Waals surface area contributed by atoms with E-state index >= 15 is 0 Å². The van der Waals surface area contributed by atoms with Crippen LogP contribution in [0.5, 0.6) is 11.5 Å². The molecule has 1 amide bonds. The molecule has 0 bridgehead atoms. The summed E-state index contributed by atoms with van der Waals surface area (Å²) < 4.78 is 12.0. The molecule has 2 aromatic rings. The van der Waals surface area contributed by atoms with Crippen LogP contribution in [-0.2, 0) is 4.79 Å². The average Bonchev–Trinajstić information content (AvgIpc) is 2.67. The minimum atomic E-state index is -0.0447. The van der Waals surface area contributed by atoms with Crippen molar-refractivity contribution in [3.05, 3.63) is 53.6 Å². The van der Waals surface area contributed by atoms with Gasteiger partial charge in [0.15, 0.2) is 0 Å². The Morgan fingerprint density at radius 2 is 1.77 bits per heavy atom. The smallest absolute Gasteiger partial charge is 0.217 e. The highest BCUT2D eigenvalue weighted by atomic mass is 16.5. The predicted molar refractivity (Wildman–Crippen MR) is 115 cm³/mol. The first-order valence-corrected chi connectivity index (χ1v) is 10.5. The minimum Gasteiger partial charge on any atom is -0.490 e. The molecule has 2 fully saturated rings. The number of anilines is 1. The molecule has 6 nitrogen and oxygen atoms in total. The van der Waals surface area contributed by atoms with E-state index in [4.69, 9.17) is 9.47 Å². The van der Waals surface area contributed by atoms with Crippen LogP contribution in [0.15, 0.2) is 42.5 Å². The summed E-state index contributed by atoms with van der Waals surface area (Å²) in [6.07, 6.45) is 3.81. The molecule has 0 aromatic heterocycles. The van der Waals surface area contributed by atoms with E-state index in [9.17, 15) is 10.1 Å². The van der Waals surface area contributed by atoms with Gasteiger partial charge in [0, 0.05) is 13.0 Å². The van der Waals surface area contributed by atoms with E-state index in [0.717, 1.165) is 48.7 Å². The zero-order valence-electron chi connectivity index (χ0n) is 17.4. The molecule has 1 atom stereocenters. The second-order valence-corrected chi connectivity index (χ2v) is 8.10. The van der Waals surface area contributed by atoms with Crippen LogP contribution >= 0.6 is 0 Å². The van der Waals surface area contributed by atoms with E-state index in [1.165, 1.54) is 13.3 Å². The normalized spacial score (nSPS) is 17.3. The fraction of sp³-hybridized carbons (Fsp3) is 0.417. The Morgan fingerprint density at radius 1 is 1.10 bits per heavy atom. The predicted octanol–water partition coefficient (Wildman–Crippen LogP) is 3.95. The fourth-order valence-corrected chi connectivity index (χ4v) is 3.76. The molecular weight excluding hydrogens is 378 g/mol. The lowest BCUT2D eigenvalue weighted by Gasteiger charge is -2.41. The number of ether oxygens (including phenoxy) is 2. The second kappa shape index (κ2) is 8.66. The number of amides is 1. The van der Waals surface area contributed by atoms with Gasteiger partial charge in [-0.05, 0) is 56.0 Å². The fourth-order valence-electron chi connectivity index (χ4n) is 3.76. The molecule has 1 N–H and O–H groups in total. The summed E-state index contributed by atoms with van der Waals surface area (Å²) in [6.45, 7) is 4.95. The minimum absolute atomic E-state index is 0.0311. The summed E-state index contributed by atoms with van der Waals surface area (Å²) in [5.41, 5.74) is 2.61. The molecule has 1 heterocycles. The van der Waals surface area contributed by atoms with Crippen LogP contribution in [0.4, 0.5) is 5.69 Å². The van der Waals surface area contributed by atoms with Crippen LogP contribution in [0.3, 0.4) is 0 Å². The Bertz CT molecular complexity index is 941. The number of benzene rings is 2. The lowest BCUT2D eigenvalue weighted by molar-refractivity contribution is -0.119. The van der Waals surface area contributed by atoms with Crippen LogP contribution in [-0.4, -0.2) is 31.2 Å². The number of rotatable bonds is 7. The molecule has 0 unspecified atom stereocenters. The molecule has 0 radical (unpaired) electrons. The summed E-state index contributed by atoms with van der Waals surface area (Å²) in [5, 5.41) is 12.4. The van der Waals surface area contributed by atoms with Gasteiger partial charge in [-0.25, -0.2) is 0 Å². The van der Waals surface area contributed by atoms with Crippen molar-refractivity contribution in [2.45, 2.75) is 51.4 Å². The molecule has 1 aliphatic heterocycles. The summed E-state index contributed by atoms with van der Waals surface area (Å²) in [6, 6.07) is 15.9. The second-order valence-electron chi connectivity index (χ2n) is 8.10. The Morgan fingerprint density at radius 3 is 2.37 bits per heavy atom. The zero-order chi connectivity index (χ0) is 21.1. The Labute approximate surface area is 177 Å². The van der Waals surface area contributed by atoms with Gasteiger partial charge in [-0.15, -0.1) is 0 Å². The van der Waals surface area contributed by atoms with Crippen LogP contribution < -0.4 is 19.7 Å². The van der Waals surface area contributed by atoms with E-state index in [-0.39, 0.29) is 18.1 Å². The molecule has 4 rings (SSSR count). The van der Waals surface area contributed by atoms with E-state index < -0.39 is 0 Å². The number of hydrogen-bond acceptors (Lipinski definition) is 5. The van der Waals surface area contributed by atoms with Crippen molar-refractivity contribution in [3.63, 3.8) is 0 Å². The molecule has 1 aliphatic carbocycles. The SMILES string of the molecule is CC(=O)N[C@@H](C)c1ccc(OC2CN(c3ccc(OC4CCC4)cc3C#N)C2)cc1. The first kappa shape index (κ1) is 20.1. The van der Waals surface area contributed by atoms with Gasteiger partial charge in [0.2, 0.25) is 5.91 Å². The maximum absolute atomic E-state index is 11.2. The third-order valence-corrected chi connectivity index (χ3v) is 5.73. The number of nitrogens with one attached hydrogen (secondary N) is 1. The number of carbonyl (C=O) groups is 1. The molecular formula is C24H27N3O3. The van der Waals surface area contributed by atoms with Crippen LogP contribution in [0.1, 0.15) is 50.3 Å². The Balaban J connectivity index is 1.31. The van der Waals surface area contributed by atoms with E-state index in [1.54, 1.807) is 0 Å². The molecule has 2 aliphatic rings. The van der Waals surface area contributed by atoms with Crippen LogP contribution in [0.2, 0.25) is 0 Å². The number of nitrogens with zero attached hydrogens (tertiary/aromatic N) is 2. The van der Waals surface area contributed by atoms with Crippen LogP contribution in [0, 0.1) is 11.3 Å². The average molecular weight is 405 g/mol. The van der Waals surface area contributed by atoms with Crippen molar-refractivity contribution in [1.82, 2.24) is 5.32 Å². The molecule has 6 heteroatoms. The van der Waals surface area contributed by atoms with Crippen molar-refractivity contribution >= 4 is 11.6 Å². The standard InChI is InChI=1S/C24H27N3O3/c1-16(26-17(2)28)18-6-8-21(9-7-18)30-23-14-27(15-23)24-11-10-22(12-19(24)13-25)29-20-4-3-5-20/h6-12,16,20,23H,3-5,14-15H2,1-2H3,(H,26,28)/t16-/m0/s1. The summed E-state index contributed by atoms with van der Waals surface area (Å²) >= 11 is 0. The zero-order valence-corrected chi connectivity index (χ0v) is 17.4. The maximum Gasteiger partial charge on any atom is 0.217 e. The van der Waals surface area contributed by atoms with Gasteiger partial charge in [-0.3, -0.25) is 4.79 Å². The molecule has 1 saturated carbocycles. The molecule has 1 saturated heterocycles. The number of nitriles is 1. The van der Waals surface area contributed by atoms with E-state index in [2.05, 4.69) is 16.3 Å². The summed E-state index contributed by atoms with van der Waals surface area (Å²) in [5.74, 6) is 1.54. The highest BCUT2D eigenvalue weighted by Crippen LogP contribution is 2.32. The van der Waals surface area contributed by atoms with Crippen molar-refractivity contribution in [2.75, 3.05) is 18.0 Å². The summed E-state index contributed by atoms with van der Waals surface area (Å²) in [7, 11) is 0. The Kier molecular flexibility index (Phi) is 5.80. The third-order valence-electron chi connectivity index (χ3n) is 5.73. The molecule has 156 valence electrons. The van der Waals surface area contributed by atoms with Gasteiger partial charge in [-0.1, -0.05) is 12.1 Å². The van der Waals surface area contributed by atoms with E-state index in [1.807, 2.05) is 49.4 Å². The first-order chi connectivity index (χ1) is 14.5. The van der Waals surface area contributed by atoms with E-state index in [0.29, 0.717) is 11.7 Å². The number of carbonyl (C=O) groups excluding carboxylic acids is 1. The monoisotopic (exact) mass is 405 g/mol. The Hall–Kier alpha value is -3.20. The van der Waals surface area contributed by atoms with Gasteiger partial charge < -0.3 is 19.7 Å². The molecule has 30 heavy (non-hydrogen) atoms. The van der Waals surface area contributed by atoms with Gasteiger partial charge in [0.1, 0.15) is 23.7 Å². The largest absolute Gasteiger partial charge is 0.490 e. The van der Waals surface area contributed by atoms with Crippen LogP contribution in [0.25, 0.3) is 0 Å². The lowest BCUT2D eigenvalue weighted by atomic mass is 9.96. The van der Waals surface area contributed by atoms with Gasteiger partial charge in [-0.2, -0.15) is 5.26 Å². The highest BCUT2D eigenvalue weighted by Gasteiger charge is 2.30. The van der Waals surface area contributed by atoms with Gasteiger partial charge in [0.05, 0.1) is 36.5 Å². The molecule has 0 spiro atoms. The first-order valence-electron chi connectivity index (χ1n) is 10.5. The molecule has 2 aromatic carbocycles. The maximum atomic E-state index is 11.2. The quantitative estimate of drug-likeness (QED) is 0.755. The van der Waals surface area contributed by atoms with Gasteiger partial charge >= 0.3 is 0 Å². The topological polar surface area (TPSA) is 74.6 Å². The highest BCUT2D eigenvalue weighted by molar-refractivity contribution is 5.73. The van der Waals surface area contributed by atoms with Crippen molar-refractivity contribution < 1.29 is 14.3 Å². The van der Waals surface area contributed by atoms with Crippen molar-refractivity contribution in [1.29, 1.82) is 5.26 Å². The number of hydrogen-bond donors (Lipinski definition) is 1. The van der Waals surface area contributed by atoms with Gasteiger partial charge in [0.25, 0.3) is 0 Å². The third kappa shape index (κ3) is 4.51. The van der Waals surface area contributed by atoms with Crippen molar-refractivity contribution in [3.8, 4) is 17.6 Å². The lowest BCUT2D eigenvalue weighted by Crippen LogP contribution is -2.54.